The number of amides is 1. The Kier molecular flexibility index (Phi) is 29.4. The van der Waals surface area contributed by atoms with E-state index in [9.17, 15) is 67.5 Å². The molecule has 1 amide bonds. The van der Waals surface area contributed by atoms with Crippen molar-refractivity contribution in [1.82, 2.24) is 4.98 Å². The quantitative estimate of drug-likeness (QED) is 0.0211. The molecule has 8 atom stereocenters. The van der Waals surface area contributed by atoms with Crippen LogP contribution in [-0.4, -0.2) is 199 Å². The molecule has 110 heavy (non-hydrogen) atoms. The molecule has 8 fully saturated rings. The number of carboxylic acid groups (broad SMARTS) is 1. The number of hydrogen-bond acceptors (Lipinski definition) is 28. The van der Waals surface area contributed by atoms with E-state index in [0.29, 0.717) is 137 Å². The molecule has 29 nitrogen and oxygen atoms in total. The molecule has 4 unspecified atom stereocenters. The number of oxime groups is 4. The van der Waals surface area contributed by atoms with E-state index in [1.165, 1.54) is 99.1 Å². The number of sulfone groups is 4. The number of benzene rings is 4. The number of carbonyl (C=O) groups excluding carboxylic acids is 3. The van der Waals surface area contributed by atoms with Gasteiger partial charge in [-0.15, -0.1) is 0 Å². The summed E-state index contributed by atoms with van der Waals surface area (Å²) in [6.07, 6.45) is 14.5. The summed E-state index contributed by atoms with van der Waals surface area (Å²) in [5.41, 5.74) is 1.28. The van der Waals surface area contributed by atoms with Crippen molar-refractivity contribution in [2.45, 2.75) is 239 Å². The van der Waals surface area contributed by atoms with Gasteiger partial charge in [0.25, 0.3) is 5.91 Å². The maximum absolute atomic E-state index is 13.3. The van der Waals surface area contributed by atoms with Crippen molar-refractivity contribution in [2.24, 2.45) is 20.6 Å². The number of methoxy groups -OCH3 is 2. The number of nitrogens with zero attached hydrogens (tertiary/aromatic N) is 5. The number of halogens is 1. The Balaban J connectivity index is 0.000000157. The van der Waals surface area contributed by atoms with E-state index < -0.39 is 74.4 Å². The highest BCUT2D eigenvalue weighted by atomic mass is 32.2. The fourth-order valence-electron chi connectivity index (χ4n) is 12.7. The first-order chi connectivity index (χ1) is 52.6. The standard InChI is InChI=1S/C21H24FN3O5S2.C19H25NO6S.C18H23NO6S.C17H21NO6S/c1-2-29-14-5-6-15(11-14)30-25-19(20(26)24-21-23-12-18(22)31-21)13-3-7-16(8-4-13)32(27,28)17-9-10-17;1-3-25-14-6-7-15(12-14)26-20-18(19(21)24-2)13-4-8-16(9-5-13)27(22,23)17-10-11-17;1-2-24-13-5-6-14(11-13)25-19-17(18(20)21)12-3-7-15(8-4-12)26(22,23)16-9-10-16;1-23-17(20)16(18-24-13-5-4-12(19)10-13)11-2-6-14(7-3-11)25(21,22)15-8-9-15/h3-4,7-8,12,14-15,17H,2,5-6,9-11H2,1H3,(H,23,24,26);4-5,8-9,14-15,17H,3,6-7,10-12H2,1-2H3;3-4,7-8,13-14,16H,2,5-6,9-11H2,1H3,(H,20,21);2-3,6-7,12-13,15,19H,4-5,8-10H2,1H3/b25-19+;20-18+;19-17+;18-16+/t2*14?,15-;13?,14-;12?,13-/m1111/s1. The fraction of sp³-hybridized carbons (Fsp3) is 0.533. The van der Waals surface area contributed by atoms with Gasteiger partial charge < -0.3 is 53.2 Å². The Bertz CT molecular complexity index is 4610. The molecule has 8 saturated carbocycles. The highest BCUT2D eigenvalue weighted by molar-refractivity contribution is 7.93. The topological polar surface area (TPSA) is 403 Å². The van der Waals surface area contributed by atoms with Crippen molar-refractivity contribution in [2.75, 3.05) is 39.4 Å². The molecule has 35 heteroatoms. The lowest BCUT2D eigenvalue weighted by Gasteiger charge is -2.12. The number of ether oxygens (including phenoxy) is 5. The Hall–Kier alpha value is -8.16. The number of aromatic nitrogens is 1. The van der Waals surface area contributed by atoms with Crippen LogP contribution >= 0.6 is 11.3 Å². The number of aliphatic hydroxyl groups excluding tert-OH is 1. The van der Waals surface area contributed by atoms with Crippen molar-refractivity contribution in [3.63, 3.8) is 0 Å². The number of thiazole rings is 1. The Labute approximate surface area is 643 Å². The van der Waals surface area contributed by atoms with E-state index >= 15 is 0 Å². The van der Waals surface area contributed by atoms with Crippen LogP contribution in [0.3, 0.4) is 0 Å². The van der Waals surface area contributed by atoms with Crippen molar-refractivity contribution in [3.05, 3.63) is 131 Å². The number of rotatable bonds is 31. The number of nitrogens with one attached hydrogen (secondary N) is 1. The minimum absolute atomic E-state index is 0.0210. The van der Waals surface area contributed by atoms with Crippen LogP contribution in [0.15, 0.2) is 143 Å². The molecule has 4 aromatic carbocycles. The first-order valence-electron chi connectivity index (χ1n) is 36.8. The van der Waals surface area contributed by atoms with Crippen LogP contribution in [0.5, 0.6) is 0 Å². The van der Waals surface area contributed by atoms with Gasteiger partial charge in [-0.2, -0.15) is 4.39 Å². The monoisotopic (exact) mass is 1620 g/mol. The zero-order valence-electron chi connectivity index (χ0n) is 61.6. The molecule has 1 heterocycles. The van der Waals surface area contributed by atoms with Crippen molar-refractivity contribution >= 4 is 102 Å². The lowest BCUT2D eigenvalue weighted by atomic mass is 10.1. The lowest BCUT2D eigenvalue weighted by molar-refractivity contribution is -0.133. The van der Waals surface area contributed by atoms with E-state index in [2.05, 4.69) is 30.9 Å². The van der Waals surface area contributed by atoms with Gasteiger partial charge >= 0.3 is 17.9 Å². The molecule has 8 aliphatic rings. The molecule has 1 aromatic heterocycles. The Morgan fingerprint density at radius 1 is 0.427 bits per heavy atom. The number of carboxylic acids is 1. The Morgan fingerprint density at radius 2 is 0.709 bits per heavy atom. The molecular formula is C75H93FN6O23S5. The maximum atomic E-state index is 13.3. The van der Waals surface area contributed by atoms with Gasteiger partial charge in [-0.3, -0.25) is 10.1 Å². The molecule has 13 rings (SSSR count). The summed E-state index contributed by atoms with van der Waals surface area (Å²) >= 11 is 0.692. The van der Waals surface area contributed by atoms with Gasteiger partial charge in [0, 0.05) is 67.8 Å². The summed E-state index contributed by atoms with van der Waals surface area (Å²) in [5, 5.41) is 35.6. The average Bonchev–Trinajstić information content (AvgIpc) is 1.61. The minimum atomic E-state index is -3.35. The third-order valence-corrected chi connectivity index (χ3v) is 29.1. The van der Waals surface area contributed by atoms with Gasteiger partial charge in [0.15, 0.2) is 72.5 Å². The molecule has 0 saturated heterocycles. The number of anilines is 1. The van der Waals surface area contributed by atoms with Crippen LogP contribution in [0.4, 0.5) is 9.52 Å². The first kappa shape index (κ1) is 84.3. The summed E-state index contributed by atoms with van der Waals surface area (Å²) < 4.78 is 138. The normalized spacial score (nSPS) is 23.1. The molecule has 0 aliphatic heterocycles. The zero-order chi connectivity index (χ0) is 78.9. The second-order valence-corrected chi connectivity index (χ2v) is 37.5. The summed E-state index contributed by atoms with van der Waals surface area (Å²) in [6, 6.07) is 23.9. The van der Waals surface area contributed by atoms with Crippen LogP contribution in [0.1, 0.15) is 171 Å². The lowest BCUT2D eigenvalue weighted by Crippen LogP contribution is -2.25. The number of aliphatic hydroxyl groups is 1. The predicted molar refractivity (Wildman–Crippen MR) is 402 cm³/mol. The van der Waals surface area contributed by atoms with Crippen molar-refractivity contribution in [3.8, 4) is 0 Å². The van der Waals surface area contributed by atoms with Gasteiger partial charge in [0.2, 0.25) is 0 Å². The van der Waals surface area contributed by atoms with Gasteiger partial charge in [0.1, 0.15) is 24.4 Å². The van der Waals surface area contributed by atoms with Crippen molar-refractivity contribution < 1.29 is 110 Å². The highest BCUT2D eigenvalue weighted by Gasteiger charge is 2.41. The van der Waals surface area contributed by atoms with E-state index in [1.807, 2.05) is 20.8 Å². The van der Waals surface area contributed by atoms with Crippen LogP contribution in [-0.2, 0) is 102 Å². The minimum Gasteiger partial charge on any atom is -0.476 e. The van der Waals surface area contributed by atoms with Crippen LogP contribution in [0.2, 0.25) is 0 Å². The van der Waals surface area contributed by atoms with Gasteiger partial charge in [-0.25, -0.2) is 53.0 Å². The van der Waals surface area contributed by atoms with Crippen LogP contribution in [0.25, 0.3) is 0 Å². The number of carbonyl (C=O) groups is 4. The molecule has 0 bridgehead atoms. The number of hydrogen-bond donors (Lipinski definition) is 3. The maximum Gasteiger partial charge on any atom is 0.360 e. The highest BCUT2D eigenvalue weighted by Crippen LogP contribution is 2.38. The third kappa shape index (κ3) is 23.0. The molecular weight excluding hydrogens is 1530 g/mol. The van der Waals surface area contributed by atoms with Gasteiger partial charge in [-0.05, 0) is 172 Å². The average molecular weight is 1630 g/mol. The number of aliphatic carboxylic acids is 1. The molecule has 5 aromatic rings. The third-order valence-electron chi connectivity index (χ3n) is 19.3. The zero-order valence-corrected chi connectivity index (χ0v) is 65.7. The molecule has 8 aliphatic carbocycles. The van der Waals surface area contributed by atoms with E-state index in [1.54, 1.807) is 12.1 Å². The van der Waals surface area contributed by atoms with Gasteiger partial charge in [0.05, 0.1) is 85.4 Å². The van der Waals surface area contributed by atoms with E-state index in [-0.39, 0.29) is 111 Å². The van der Waals surface area contributed by atoms with Crippen molar-refractivity contribution in [1.29, 1.82) is 0 Å². The van der Waals surface area contributed by atoms with E-state index in [4.69, 9.17) is 43.0 Å². The Morgan fingerprint density at radius 3 is 0.982 bits per heavy atom. The molecule has 0 radical (unpaired) electrons. The molecule has 598 valence electrons. The number of esters is 2. The first-order valence-corrected chi connectivity index (χ1v) is 43.8. The summed E-state index contributed by atoms with van der Waals surface area (Å²) in [5.74, 6) is -3.15. The molecule has 3 N–H and O–H groups in total. The second kappa shape index (κ2) is 38.4. The van der Waals surface area contributed by atoms with Crippen LogP contribution in [0, 0.1) is 5.13 Å². The predicted octanol–water partition coefficient (Wildman–Crippen LogP) is 9.82. The summed E-state index contributed by atoms with van der Waals surface area (Å²) in [4.78, 5) is 75.2. The SMILES string of the molecule is CCOC1CC[C@@H](O/N=C(/C(=O)Nc2ncc(F)s2)c2ccc(S(=O)(=O)C3CC3)cc2)C1.CCOC1CC[C@@H](O/N=C(/C(=O)O)c2ccc(S(=O)(=O)C3CC3)cc2)C1.CCOC1CC[C@@H](O/N=C(/C(=O)OC)c2ccc(S(=O)(=O)C3CC3)cc2)C1.COC(=O)/C(=N/O[C@@H]1CCC(O)C1)c1ccc(S(=O)(=O)C2CC2)cc1. The second-order valence-electron chi connectivity index (χ2n) is 27.6. The smallest absolute Gasteiger partial charge is 0.360 e. The van der Waals surface area contributed by atoms with E-state index in [0.717, 1.165) is 51.1 Å². The largest absolute Gasteiger partial charge is 0.476 e. The summed E-state index contributed by atoms with van der Waals surface area (Å²) in [7, 11) is -10.7. The summed E-state index contributed by atoms with van der Waals surface area (Å²) in [6.45, 7) is 7.73. The van der Waals surface area contributed by atoms with Crippen LogP contribution < -0.4 is 5.32 Å². The fourth-order valence-corrected chi connectivity index (χ4v) is 19.9. The van der Waals surface area contributed by atoms with Gasteiger partial charge in [-0.1, -0.05) is 80.5 Å². The molecule has 0 spiro atoms.